The molecule has 2 heterocycles. The summed E-state index contributed by atoms with van der Waals surface area (Å²) in [6.07, 6.45) is 0. The molecule has 0 amide bonds. The van der Waals surface area contributed by atoms with E-state index in [1.165, 1.54) is 61.2 Å². The number of anilines is 3. The Hall–Kier alpha value is -9.18. The van der Waals surface area contributed by atoms with E-state index >= 15 is 0 Å². The van der Waals surface area contributed by atoms with Crippen molar-refractivity contribution < 1.29 is 9.47 Å². The standard InChI is InChI=1S/C76H59NO2/c1-73(2,3)51-35-41-58-59-42-36-52(74(4,5)6)46-66(59)76(65(58)45-51)63-27-15-19-31-71(63)79-72-43-39-54(47-67(72)76)77(53-37-32-49(33-38-53)48-20-8-7-9-21-48)68-28-16-11-22-55(68)50-34-40-57-56-23-10-12-24-60(56)75(64(57)44-50)61-25-13-17-29-69(61)78-70-30-18-14-26-62(70)75/h7-47H,1-6H3. The second-order valence-corrected chi connectivity index (χ2v) is 24.0. The molecule has 2 aliphatic carbocycles. The molecule has 11 aromatic carbocycles. The summed E-state index contributed by atoms with van der Waals surface area (Å²) in [7, 11) is 0. The van der Waals surface area contributed by atoms with E-state index in [9.17, 15) is 0 Å². The van der Waals surface area contributed by atoms with E-state index in [4.69, 9.17) is 9.47 Å². The number of ether oxygens (including phenoxy) is 2. The van der Waals surface area contributed by atoms with E-state index in [1.807, 2.05) is 0 Å². The molecule has 0 unspecified atom stereocenters. The van der Waals surface area contributed by atoms with Gasteiger partial charge in [-0.1, -0.05) is 230 Å². The van der Waals surface area contributed by atoms with Crippen molar-refractivity contribution in [2.24, 2.45) is 0 Å². The van der Waals surface area contributed by atoms with Crippen molar-refractivity contribution in [1.29, 1.82) is 0 Å². The zero-order valence-corrected chi connectivity index (χ0v) is 45.4. The second kappa shape index (κ2) is 17.2. The topological polar surface area (TPSA) is 21.7 Å². The average molecular weight is 1020 g/mol. The fourth-order valence-corrected chi connectivity index (χ4v) is 13.8. The van der Waals surface area contributed by atoms with E-state index in [1.54, 1.807) is 0 Å². The van der Waals surface area contributed by atoms with Crippen LogP contribution in [0.25, 0.3) is 44.5 Å². The van der Waals surface area contributed by atoms with Crippen LogP contribution in [0.3, 0.4) is 0 Å². The summed E-state index contributed by atoms with van der Waals surface area (Å²) in [5.41, 5.74) is 23.6. The van der Waals surface area contributed by atoms with Crippen LogP contribution in [0.2, 0.25) is 0 Å². The van der Waals surface area contributed by atoms with Crippen molar-refractivity contribution in [2.45, 2.75) is 63.2 Å². The first-order valence-corrected chi connectivity index (χ1v) is 27.8. The van der Waals surface area contributed by atoms with Crippen molar-refractivity contribution in [3.8, 4) is 67.5 Å². The van der Waals surface area contributed by atoms with Crippen LogP contribution in [-0.2, 0) is 21.7 Å². The Morgan fingerprint density at radius 2 is 0.684 bits per heavy atom. The van der Waals surface area contributed by atoms with Crippen LogP contribution in [0.15, 0.2) is 249 Å². The van der Waals surface area contributed by atoms with Crippen molar-refractivity contribution in [1.82, 2.24) is 0 Å². The van der Waals surface area contributed by atoms with Gasteiger partial charge in [-0.25, -0.2) is 0 Å². The number of nitrogens with zero attached hydrogens (tertiary/aromatic N) is 1. The normalized spacial score (nSPS) is 14.4. The molecule has 15 rings (SSSR count). The third-order valence-electron chi connectivity index (χ3n) is 17.5. The summed E-state index contributed by atoms with van der Waals surface area (Å²) in [5.74, 6) is 3.51. The predicted octanol–water partition coefficient (Wildman–Crippen LogP) is 20.0. The molecule has 0 atom stereocenters. The summed E-state index contributed by atoms with van der Waals surface area (Å²) < 4.78 is 13.9. The molecule has 2 aliphatic heterocycles. The van der Waals surface area contributed by atoms with Gasteiger partial charge in [-0.3, -0.25) is 0 Å². The van der Waals surface area contributed by atoms with E-state index in [0.29, 0.717) is 0 Å². The quantitative estimate of drug-likeness (QED) is 0.171. The van der Waals surface area contributed by atoms with E-state index in [2.05, 4.69) is 295 Å². The zero-order valence-electron chi connectivity index (χ0n) is 45.4. The Labute approximate surface area is 464 Å². The minimum absolute atomic E-state index is 0.0825. The van der Waals surface area contributed by atoms with Gasteiger partial charge in [0.15, 0.2) is 0 Å². The van der Waals surface area contributed by atoms with Gasteiger partial charge < -0.3 is 14.4 Å². The number of benzene rings is 11. The van der Waals surface area contributed by atoms with Crippen LogP contribution in [0.1, 0.15) is 97.2 Å². The SMILES string of the molecule is CC(C)(C)c1ccc2c(c1)C1(c3ccccc3Oc3ccc(N(c4ccc(-c5ccccc5)cc4)c4ccccc4-c4ccc5c(c4)C4(c6ccccc6Oc6ccccc64)c4ccccc4-5)cc31)c1cc(C(C)(C)C)ccc1-2. The summed E-state index contributed by atoms with van der Waals surface area (Å²) in [5, 5.41) is 0. The van der Waals surface area contributed by atoms with Crippen molar-refractivity contribution >= 4 is 17.1 Å². The van der Waals surface area contributed by atoms with E-state index in [0.717, 1.165) is 79.0 Å². The Morgan fingerprint density at radius 1 is 0.278 bits per heavy atom. The molecule has 0 saturated carbocycles. The molecule has 0 bridgehead atoms. The monoisotopic (exact) mass is 1020 g/mol. The highest BCUT2D eigenvalue weighted by molar-refractivity contribution is 5.95. The molecular weight excluding hydrogens is 959 g/mol. The van der Waals surface area contributed by atoms with Gasteiger partial charge in [0.2, 0.25) is 0 Å². The lowest BCUT2D eigenvalue weighted by Crippen LogP contribution is -2.33. The maximum Gasteiger partial charge on any atom is 0.132 e. The minimum atomic E-state index is -0.699. The first-order valence-electron chi connectivity index (χ1n) is 27.8. The first-order chi connectivity index (χ1) is 38.4. The molecule has 3 nitrogen and oxygen atoms in total. The van der Waals surface area contributed by atoms with Crippen LogP contribution < -0.4 is 14.4 Å². The highest BCUT2D eigenvalue weighted by atomic mass is 16.5. The molecule has 0 saturated heterocycles. The molecule has 11 aromatic rings. The lowest BCUT2D eigenvalue weighted by molar-refractivity contribution is 0.436. The lowest BCUT2D eigenvalue weighted by Gasteiger charge is -2.41. The van der Waals surface area contributed by atoms with Gasteiger partial charge in [0, 0.05) is 39.2 Å². The van der Waals surface area contributed by atoms with Gasteiger partial charge in [-0.05, 0) is 144 Å². The summed E-state index contributed by atoms with van der Waals surface area (Å²) in [6.45, 7) is 13.9. The fraction of sp³-hybridized carbons (Fsp3) is 0.132. The molecule has 0 radical (unpaired) electrons. The molecule has 79 heavy (non-hydrogen) atoms. The molecule has 4 aliphatic rings. The number of hydrogen-bond acceptors (Lipinski definition) is 3. The van der Waals surface area contributed by atoms with Gasteiger partial charge >= 0.3 is 0 Å². The summed E-state index contributed by atoms with van der Waals surface area (Å²) in [4.78, 5) is 2.48. The average Bonchev–Trinajstić information content (AvgIpc) is 3.22. The van der Waals surface area contributed by atoms with Crippen LogP contribution in [0.4, 0.5) is 17.1 Å². The van der Waals surface area contributed by atoms with Crippen LogP contribution in [0.5, 0.6) is 23.0 Å². The summed E-state index contributed by atoms with van der Waals surface area (Å²) >= 11 is 0. The Balaban J connectivity index is 0.985. The zero-order chi connectivity index (χ0) is 53.4. The predicted molar refractivity (Wildman–Crippen MR) is 324 cm³/mol. The van der Waals surface area contributed by atoms with Gasteiger partial charge in [-0.15, -0.1) is 0 Å². The lowest BCUT2D eigenvalue weighted by atomic mass is 9.65. The molecule has 380 valence electrons. The maximum atomic E-state index is 7.14. The number of rotatable bonds is 5. The molecule has 3 heteroatoms. The molecule has 0 fully saturated rings. The minimum Gasteiger partial charge on any atom is -0.457 e. The Bertz CT molecular complexity index is 4170. The largest absolute Gasteiger partial charge is 0.457 e. The Morgan fingerprint density at radius 3 is 1.25 bits per heavy atom. The van der Waals surface area contributed by atoms with Crippen molar-refractivity contribution in [3.63, 3.8) is 0 Å². The smallest absolute Gasteiger partial charge is 0.132 e. The molecule has 2 spiro atoms. The second-order valence-electron chi connectivity index (χ2n) is 24.0. The molecule has 0 N–H and O–H groups in total. The van der Waals surface area contributed by atoms with E-state index in [-0.39, 0.29) is 10.8 Å². The number of para-hydroxylation sites is 4. The highest BCUT2D eigenvalue weighted by Crippen LogP contribution is 2.65. The molecule has 0 aromatic heterocycles. The van der Waals surface area contributed by atoms with Crippen LogP contribution in [0, 0.1) is 0 Å². The van der Waals surface area contributed by atoms with E-state index < -0.39 is 10.8 Å². The van der Waals surface area contributed by atoms with Crippen LogP contribution >= 0.6 is 0 Å². The van der Waals surface area contributed by atoms with Gasteiger partial charge in [0.25, 0.3) is 0 Å². The summed E-state index contributed by atoms with van der Waals surface area (Å²) in [6, 6.07) is 92.3. The number of hydrogen-bond donors (Lipinski definition) is 0. The van der Waals surface area contributed by atoms with Gasteiger partial charge in [0.05, 0.1) is 16.5 Å². The fourth-order valence-electron chi connectivity index (χ4n) is 13.8. The van der Waals surface area contributed by atoms with Crippen molar-refractivity contribution in [2.75, 3.05) is 4.90 Å². The first kappa shape index (κ1) is 47.1. The maximum absolute atomic E-state index is 7.14. The highest BCUT2D eigenvalue weighted by Gasteiger charge is 2.53. The van der Waals surface area contributed by atoms with Crippen molar-refractivity contribution in [3.05, 3.63) is 304 Å². The third-order valence-corrected chi connectivity index (χ3v) is 17.5. The third kappa shape index (κ3) is 6.85. The number of fused-ring (bicyclic) bond motifs is 18. The van der Waals surface area contributed by atoms with Gasteiger partial charge in [0.1, 0.15) is 23.0 Å². The van der Waals surface area contributed by atoms with Gasteiger partial charge in [-0.2, -0.15) is 0 Å². The molecular formula is C76H59NO2. The Kier molecular flexibility index (Phi) is 10.2. The van der Waals surface area contributed by atoms with Crippen LogP contribution in [-0.4, -0.2) is 0 Å².